The van der Waals surface area contributed by atoms with E-state index in [1.807, 2.05) is 13.0 Å². The van der Waals surface area contributed by atoms with Crippen molar-refractivity contribution < 1.29 is 9.59 Å². The number of aromatic nitrogens is 1. The summed E-state index contributed by atoms with van der Waals surface area (Å²) >= 11 is 6.00. The van der Waals surface area contributed by atoms with Crippen LogP contribution in [0.1, 0.15) is 65.1 Å². The van der Waals surface area contributed by atoms with E-state index in [9.17, 15) is 9.59 Å². The van der Waals surface area contributed by atoms with Crippen LogP contribution in [0.3, 0.4) is 0 Å². The van der Waals surface area contributed by atoms with Crippen molar-refractivity contribution in [3.05, 3.63) is 58.4 Å². The maximum atomic E-state index is 12.5. The molecule has 6 heteroatoms. The van der Waals surface area contributed by atoms with E-state index >= 15 is 0 Å². The zero-order chi connectivity index (χ0) is 19.2. The van der Waals surface area contributed by atoms with Crippen LogP contribution >= 0.6 is 11.6 Å². The first-order valence-electron chi connectivity index (χ1n) is 9.38. The third-order valence-electron chi connectivity index (χ3n) is 4.85. The van der Waals surface area contributed by atoms with Gasteiger partial charge < -0.3 is 10.6 Å². The summed E-state index contributed by atoms with van der Waals surface area (Å²) in [7, 11) is 0. The lowest BCUT2D eigenvalue weighted by Gasteiger charge is -2.16. The Balaban J connectivity index is 1.69. The van der Waals surface area contributed by atoms with Crippen molar-refractivity contribution in [3.63, 3.8) is 0 Å². The predicted octanol–water partition coefficient (Wildman–Crippen LogP) is 4.75. The van der Waals surface area contributed by atoms with Gasteiger partial charge >= 0.3 is 0 Å². The minimum absolute atomic E-state index is 0.188. The predicted molar refractivity (Wildman–Crippen MR) is 107 cm³/mol. The Hall–Kier alpha value is -2.40. The van der Waals surface area contributed by atoms with E-state index in [0.29, 0.717) is 10.7 Å². The number of aryl methyl sites for hydroxylation is 1. The molecule has 2 N–H and O–H groups in total. The van der Waals surface area contributed by atoms with Crippen molar-refractivity contribution in [1.29, 1.82) is 0 Å². The van der Waals surface area contributed by atoms with Crippen molar-refractivity contribution in [2.45, 2.75) is 51.5 Å². The van der Waals surface area contributed by atoms with Crippen LogP contribution in [0.5, 0.6) is 0 Å². The molecule has 0 bridgehead atoms. The minimum Gasteiger partial charge on any atom is -0.348 e. The van der Waals surface area contributed by atoms with Gasteiger partial charge in [0.2, 0.25) is 0 Å². The smallest absolute Gasteiger partial charge is 0.274 e. The second-order valence-electron chi connectivity index (χ2n) is 6.98. The molecule has 142 valence electrons. The van der Waals surface area contributed by atoms with Crippen LogP contribution in [0.15, 0.2) is 36.4 Å². The van der Waals surface area contributed by atoms with E-state index in [2.05, 4.69) is 15.6 Å². The van der Waals surface area contributed by atoms with E-state index in [4.69, 9.17) is 11.6 Å². The number of nitrogens with one attached hydrogen (secondary N) is 2. The quantitative estimate of drug-likeness (QED) is 0.746. The number of nitrogens with zero attached hydrogens (tertiary/aromatic N) is 1. The van der Waals surface area contributed by atoms with Crippen molar-refractivity contribution in [2.24, 2.45) is 0 Å². The Kier molecular flexibility index (Phi) is 6.45. The summed E-state index contributed by atoms with van der Waals surface area (Å²) in [6.07, 6.45) is 6.73. The molecule has 0 aliphatic heterocycles. The first-order valence-corrected chi connectivity index (χ1v) is 9.76. The summed E-state index contributed by atoms with van der Waals surface area (Å²) in [5.41, 5.74) is 1.98. The Bertz CT molecular complexity index is 830. The van der Waals surface area contributed by atoms with Crippen LogP contribution in [0.4, 0.5) is 5.69 Å². The number of pyridine rings is 1. The second kappa shape index (κ2) is 9.00. The Morgan fingerprint density at radius 3 is 2.37 bits per heavy atom. The average Bonchev–Trinajstić information content (AvgIpc) is 2.93. The van der Waals surface area contributed by atoms with Crippen molar-refractivity contribution in [1.82, 2.24) is 10.3 Å². The van der Waals surface area contributed by atoms with Crippen molar-refractivity contribution >= 4 is 29.1 Å². The molecule has 3 rings (SSSR count). The van der Waals surface area contributed by atoms with Gasteiger partial charge in [0, 0.05) is 16.8 Å². The Labute approximate surface area is 164 Å². The summed E-state index contributed by atoms with van der Waals surface area (Å²) in [6, 6.07) is 10.4. The fourth-order valence-corrected chi connectivity index (χ4v) is 3.46. The number of benzene rings is 1. The van der Waals surface area contributed by atoms with Gasteiger partial charge in [0.1, 0.15) is 11.4 Å². The molecule has 0 saturated heterocycles. The molecule has 5 nitrogen and oxygen atoms in total. The minimum atomic E-state index is -0.371. The van der Waals surface area contributed by atoms with Gasteiger partial charge in [-0.05, 0) is 49.6 Å². The normalized spacial score (nSPS) is 15.0. The van der Waals surface area contributed by atoms with E-state index in [1.165, 1.54) is 12.8 Å². The Morgan fingerprint density at radius 2 is 1.67 bits per heavy atom. The fraction of sp³-hybridized carbons (Fsp3) is 0.381. The SMILES string of the molecule is Cc1ccc(Cl)cc1NC(=O)c1cccc(C(=O)NC2CCCCCC2)n1. The molecule has 1 aromatic heterocycles. The third-order valence-corrected chi connectivity index (χ3v) is 5.09. The van der Waals surface area contributed by atoms with Crippen molar-refractivity contribution in [3.8, 4) is 0 Å². The van der Waals surface area contributed by atoms with E-state index < -0.39 is 0 Å². The molecule has 1 heterocycles. The lowest BCUT2D eigenvalue weighted by Crippen LogP contribution is -2.35. The van der Waals surface area contributed by atoms with Gasteiger partial charge in [-0.2, -0.15) is 0 Å². The number of anilines is 1. The fourth-order valence-electron chi connectivity index (χ4n) is 3.29. The van der Waals surface area contributed by atoms with Gasteiger partial charge in [0.25, 0.3) is 11.8 Å². The molecule has 0 spiro atoms. The Morgan fingerprint density at radius 1 is 1.00 bits per heavy atom. The number of hydrogen-bond acceptors (Lipinski definition) is 3. The summed E-state index contributed by atoms with van der Waals surface area (Å²) in [6.45, 7) is 1.88. The number of hydrogen-bond donors (Lipinski definition) is 2. The first kappa shape index (κ1) is 19.4. The molecule has 0 radical (unpaired) electrons. The van der Waals surface area contributed by atoms with Gasteiger partial charge in [0.05, 0.1) is 0 Å². The highest BCUT2D eigenvalue weighted by atomic mass is 35.5. The van der Waals surface area contributed by atoms with Crippen LogP contribution in [0.2, 0.25) is 5.02 Å². The van der Waals surface area contributed by atoms with Gasteiger partial charge in [-0.25, -0.2) is 4.98 Å². The standard InChI is InChI=1S/C21H24ClN3O2/c1-14-11-12-15(22)13-19(14)25-21(27)18-10-6-9-17(24-18)20(26)23-16-7-4-2-3-5-8-16/h6,9-13,16H,2-5,7-8H2,1H3,(H,23,26)(H,25,27). The number of carbonyl (C=O) groups is 2. The molecule has 2 amide bonds. The van der Waals surface area contributed by atoms with E-state index in [0.717, 1.165) is 31.2 Å². The lowest BCUT2D eigenvalue weighted by atomic mass is 10.1. The first-order chi connectivity index (χ1) is 13.0. The zero-order valence-corrected chi connectivity index (χ0v) is 16.2. The average molecular weight is 386 g/mol. The maximum absolute atomic E-state index is 12.5. The third kappa shape index (κ3) is 5.30. The molecular formula is C21H24ClN3O2. The highest BCUT2D eigenvalue weighted by Crippen LogP contribution is 2.21. The molecule has 2 aromatic rings. The maximum Gasteiger partial charge on any atom is 0.274 e. The van der Waals surface area contributed by atoms with Crippen LogP contribution in [-0.4, -0.2) is 22.8 Å². The monoisotopic (exact) mass is 385 g/mol. The summed E-state index contributed by atoms with van der Waals surface area (Å²) in [4.78, 5) is 29.3. The molecule has 1 saturated carbocycles. The summed E-state index contributed by atoms with van der Waals surface area (Å²) < 4.78 is 0. The second-order valence-corrected chi connectivity index (χ2v) is 7.42. The van der Waals surface area contributed by atoms with Crippen LogP contribution in [0.25, 0.3) is 0 Å². The highest BCUT2D eigenvalue weighted by Gasteiger charge is 2.18. The number of halogens is 1. The molecular weight excluding hydrogens is 362 g/mol. The number of carbonyl (C=O) groups excluding carboxylic acids is 2. The van der Waals surface area contributed by atoms with E-state index in [1.54, 1.807) is 30.3 Å². The van der Waals surface area contributed by atoms with E-state index in [-0.39, 0.29) is 29.2 Å². The number of rotatable bonds is 4. The zero-order valence-electron chi connectivity index (χ0n) is 15.4. The lowest BCUT2D eigenvalue weighted by molar-refractivity contribution is 0.0928. The largest absolute Gasteiger partial charge is 0.348 e. The van der Waals surface area contributed by atoms with Crippen LogP contribution in [-0.2, 0) is 0 Å². The number of amides is 2. The molecule has 1 aliphatic rings. The molecule has 0 unspecified atom stereocenters. The van der Waals surface area contributed by atoms with Crippen LogP contribution in [0, 0.1) is 6.92 Å². The summed E-state index contributed by atoms with van der Waals surface area (Å²) in [5, 5.41) is 6.40. The van der Waals surface area contributed by atoms with Gasteiger partial charge in [-0.15, -0.1) is 0 Å². The molecule has 27 heavy (non-hydrogen) atoms. The molecule has 0 atom stereocenters. The topological polar surface area (TPSA) is 71.1 Å². The highest BCUT2D eigenvalue weighted by molar-refractivity contribution is 6.31. The van der Waals surface area contributed by atoms with Gasteiger partial charge in [-0.3, -0.25) is 9.59 Å². The summed E-state index contributed by atoms with van der Waals surface area (Å²) in [5.74, 6) is -0.597. The van der Waals surface area contributed by atoms with Crippen LogP contribution < -0.4 is 10.6 Å². The molecule has 1 fully saturated rings. The molecule has 1 aromatic carbocycles. The molecule has 1 aliphatic carbocycles. The van der Waals surface area contributed by atoms with Gasteiger partial charge in [-0.1, -0.05) is 49.4 Å². The van der Waals surface area contributed by atoms with Crippen molar-refractivity contribution in [2.75, 3.05) is 5.32 Å². The van der Waals surface area contributed by atoms with Gasteiger partial charge in [0.15, 0.2) is 0 Å².